The van der Waals surface area contributed by atoms with Gasteiger partial charge >= 0.3 is 0 Å². The highest BCUT2D eigenvalue weighted by molar-refractivity contribution is 7.09. The van der Waals surface area contributed by atoms with Gasteiger partial charge in [0.1, 0.15) is 0 Å². The molecule has 2 bridgehead atoms. The summed E-state index contributed by atoms with van der Waals surface area (Å²) in [6, 6.07) is 4.46. The Kier molecular flexibility index (Phi) is 4.99. The summed E-state index contributed by atoms with van der Waals surface area (Å²) in [5.41, 5.74) is 6.35. The van der Waals surface area contributed by atoms with Crippen molar-refractivity contribution in [2.45, 2.75) is 44.7 Å². The van der Waals surface area contributed by atoms with Crippen molar-refractivity contribution < 1.29 is 4.79 Å². The topological polar surface area (TPSA) is 46.3 Å². The Balaban J connectivity index is 1.69. The normalized spacial score (nSPS) is 30.8. The Hall–Kier alpha value is -1.13. The fourth-order valence-electron chi connectivity index (χ4n) is 4.23. The molecule has 3 rings (SSSR count). The maximum atomic E-state index is 13.0. The first kappa shape index (κ1) is 15.8. The van der Waals surface area contributed by atoms with E-state index >= 15 is 0 Å². The van der Waals surface area contributed by atoms with Gasteiger partial charge in [-0.3, -0.25) is 4.79 Å². The molecule has 0 saturated heterocycles. The second kappa shape index (κ2) is 6.97. The Morgan fingerprint density at radius 3 is 2.73 bits per heavy atom. The predicted molar refractivity (Wildman–Crippen MR) is 91.5 cm³/mol. The highest BCUT2D eigenvalue weighted by Crippen LogP contribution is 2.42. The molecular weight excluding hydrogens is 292 g/mol. The lowest BCUT2D eigenvalue weighted by Gasteiger charge is -2.44. The average Bonchev–Trinajstić information content (AvgIpc) is 2.99. The van der Waals surface area contributed by atoms with E-state index in [2.05, 4.69) is 18.0 Å². The summed E-state index contributed by atoms with van der Waals surface area (Å²) in [5.74, 6) is 1.56. The van der Waals surface area contributed by atoms with Crippen LogP contribution in [0, 0.1) is 17.8 Å². The lowest BCUT2D eigenvalue weighted by Crippen LogP contribution is -2.49. The molecule has 2 fully saturated rings. The van der Waals surface area contributed by atoms with E-state index in [1.54, 1.807) is 11.3 Å². The summed E-state index contributed by atoms with van der Waals surface area (Å²) in [6.45, 7) is 5.16. The lowest BCUT2D eigenvalue weighted by atomic mass is 9.65. The molecule has 1 heterocycles. The zero-order valence-corrected chi connectivity index (χ0v) is 13.9. The van der Waals surface area contributed by atoms with Crippen LogP contribution in [0.5, 0.6) is 0 Å². The molecule has 2 N–H and O–H groups in total. The molecule has 120 valence electrons. The summed E-state index contributed by atoms with van der Waals surface area (Å²) in [7, 11) is 0. The van der Waals surface area contributed by atoms with Crippen LogP contribution in [0.25, 0.3) is 0 Å². The third-order valence-electron chi connectivity index (χ3n) is 5.35. The van der Waals surface area contributed by atoms with Crippen LogP contribution in [-0.2, 0) is 11.3 Å². The van der Waals surface area contributed by atoms with Gasteiger partial charge in [-0.25, -0.2) is 0 Å². The third-order valence-corrected chi connectivity index (χ3v) is 6.21. The van der Waals surface area contributed by atoms with Gasteiger partial charge < -0.3 is 10.6 Å². The molecule has 2 aliphatic carbocycles. The number of fused-ring (bicyclic) bond motifs is 2. The van der Waals surface area contributed by atoms with Crippen molar-refractivity contribution in [1.29, 1.82) is 0 Å². The van der Waals surface area contributed by atoms with Crippen molar-refractivity contribution in [3.63, 3.8) is 0 Å². The zero-order valence-electron chi connectivity index (χ0n) is 13.1. The van der Waals surface area contributed by atoms with Crippen LogP contribution in [0.15, 0.2) is 30.2 Å². The largest absolute Gasteiger partial charge is 0.334 e. The van der Waals surface area contributed by atoms with Gasteiger partial charge in [-0.1, -0.05) is 18.6 Å². The van der Waals surface area contributed by atoms with Crippen LogP contribution < -0.4 is 5.73 Å². The monoisotopic (exact) mass is 318 g/mol. The smallest absolute Gasteiger partial charge is 0.226 e. The van der Waals surface area contributed by atoms with Crippen molar-refractivity contribution in [3.05, 3.63) is 35.0 Å². The molecule has 1 amide bonds. The fourth-order valence-corrected chi connectivity index (χ4v) is 4.95. The highest BCUT2D eigenvalue weighted by atomic mass is 32.1. The molecule has 1 aromatic rings. The third kappa shape index (κ3) is 3.28. The zero-order chi connectivity index (χ0) is 15.5. The van der Waals surface area contributed by atoms with Crippen LogP contribution in [0.3, 0.4) is 0 Å². The van der Waals surface area contributed by atoms with E-state index in [9.17, 15) is 4.79 Å². The fraction of sp³-hybridized carbons (Fsp3) is 0.611. The Morgan fingerprint density at radius 2 is 2.14 bits per heavy atom. The first-order valence-corrected chi connectivity index (χ1v) is 9.24. The standard InChI is InChI=1S/C18H26N2OS/c1-2-8-20(12-16-7-4-9-22-16)18(21)15-10-13-5-3-6-14(11-15)17(13)19/h2,4,7,9,13-15,17H,1,3,5-6,8,10-12,19H2. The number of nitrogens with zero attached hydrogens (tertiary/aromatic N) is 1. The predicted octanol–water partition coefficient (Wildman–Crippen LogP) is 3.42. The number of rotatable bonds is 5. The molecule has 2 saturated carbocycles. The van der Waals surface area contributed by atoms with E-state index in [-0.39, 0.29) is 5.92 Å². The van der Waals surface area contributed by atoms with E-state index in [1.807, 2.05) is 17.0 Å². The van der Waals surface area contributed by atoms with E-state index in [0.717, 1.165) is 12.8 Å². The van der Waals surface area contributed by atoms with Crippen LogP contribution in [0.4, 0.5) is 0 Å². The highest BCUT2D eigenvalue weighted by Gasteiger charge is 2.41. The molecular formula is C18H26N2OS. The Morgan fingerprint density at radius 1 is 1.41 bits per heavy atom. The maximum absolute atomic E-state index is 13.0. The number of hydrogen-bond donors (Lipinski definition) is 1. The van der Waals surface area contributed by atoms with Gasteiger partial charge in [0.15, 0.2) is 0 Å². The number of nitrogens with two attached hydrogens (primary N) is 1. The van der Waals surface area contributed by atoms with Gasteiger partial charge in [0, 0.05) is 23.4 Å². The quantitative estimate of drug-likeness (QED) is 0.846. The number of amides is 1. The van der Waals surface area contributed by atoms with Crippen LogP contribution >= 0.6 is 11.3 Å². The summed E-state index contributed by atoms with van der Waals surface area (Å²) < 4.78 is 0. The van der Waals surface area contributed by atoms with Crippen LogP contribution in [0.1, 0.15) is 37.0 Å². The molecule has 0 spiro atoms. The van der Waals surface area contributed by atoms with E-state index < -0.39 is 0 Å². The molecule has 0 aliphatic heterocycles. The van der Waals surface area contributed by atoms with Crippen molar-refractivity contribution in [1.82, 2.24) is 4.90 Å². The minimum atomic E-state index is 0.162. The minimum Gasteiger partial charge on any atom is -0.334 e. The van der Waals surface area contributed by atoms with Gasteiger partial charge in [0.25, 0.3) is 0 Å². The van der Waals surface area contributed by atoms with Crippen LogP contribution in [-0.4, -0.2) is 23.4 Å². The summed E-state index contributed by atoms with van der Waals surface area (Å²) in [6.07, 6.45) is 7.49. The first-order chi connectivity index (χ1) is 10.7. The Bertz CT molecular complexity index is 499. The number of thiophene rings is 1. The maximum Gasteiger partial charge on any atom is 0.226 e. The molecule has 2 unspecified atom stereocenters. The average molecular weight is 318 g/mol. The van der Waals surface area contributed by atoms with E-state index in [0.29, 0.717) is 36.9 Å². The number of carbonyl (C=O) groups excluding carboxylic acids is 1. The van der Waals surface area contributed by atoms with Gasteiger partial charge in [-0.2, -0.15) is 0 Å². The summed E-state index contributed by atoms with van der Waals surface area (Å²) in [4.78, 5) is 16.2. The SMILES string of the molecule is C=CCN(Cc1cccs1)C(=O)C1CC2CCCC(C1)C2N. The molecule has 1 aromatic heterocycles. The van der Waals surface area contributed by atoms with E-state index in [4.69, 9.17) is 5.73 Å². The molecule has 22 heavy (non-hydrogen) atoms. The van der Waals surface area contributed by atoms with Gasteiger partial charge in [-0.15, -0.1) is 17.9 Å². The van der Waals surface area contributed by atoms with Gasteiger partial charge in [-0.05, 0) is 49.0 Å². The molecule has 2 atom stereocenters. The lowest BCUT2D eigenvalue weighted by molar-refractivity contribution is -0.138. The Labute approximate surface area is 137 Å². The van der Waals surface area contributed by atoms with Crippen molar-refractivity contribution in [2.24, 2.45) is 23.5 Å². The molecule has 4 heteroatoms. The molecule has 2 aliphatic rings. The number of carbonyl (C=O) groups is 1. The van der Waals surface area contributed by atoms with Crippen LogP contribution in [0.2, 0.25) is 0 Å². The summed E-state index contributed by atoms with van der Waals surface area (Å²) in [5, 5.41) is 2.07. The van der Waals surface area contributed by atoms with Crippen molar-refractivity contribution in [3.8, 4) is 0 Å². The molecule has 3 nitrogen and oxygen atoms in total. The van der Waals surface area contributed by atoms with E-state index in [1.165, 1.54) is 24.1 Å². The first-order valence-electron chi connectivity index (χ1n) is 8.36. The minimum absolute atomic E-state index is 0.162. The van der Waals surface area contributed by atoms with Crippen molar-refractivity contribution in [2.75, 3.05) is 6.54 Å². The van der Waals surface area contributed by atoms with Crippen molar-refractivity contribution >= 4 is 17.2 Å². The summed E-state index contributed by atoms with van der Waals surface area (Å²) >= 11 is 1.71. The van der Waals surface area contributed by atoms with Gasteiger partial charge in [0.05, 0.1) is 6.54 Å². The number of hydrogen-bond acceptors (Lipinski definition) is 3. The molecule has 0 radical (unpaired) electrons. The van der Waals surface area contributed by atoms with Gasteiger partial charge in [0.2, 0.25) is 5.91 Å². The molecule has 0 aromatic carbocycles. The second-order valence-corrected chi connectivity index (χ2v) is 7.82. The second-order valence-electron chi connectivity index (χ2n) is 6.78.